The molecular formula is C29H27Cl2NO4. The number of aliphatic hydroxyl groups excluding tert-OH is 1. The quantitative estimate of drug-likeness (QED) is 0.222. The van der Waals surface area contributed by atoms with Gasteiger partial charge >= 0.3 is 0 Å². The van der Waals surface area contributed by atoms with Gasteiger partial charge in [0.15, 0.2) is 0 Å². The molecule has 7 heteroatoms. The molecule has 36 heavy (non-hydrogen) atoms. The molecule has 0 saturated carbocycles. The van der Waals surface area contributed by atoms with Crippen LogP contribution in [0.3, 0.4) is 0 Å². The predicted molar refractivity (Wildman–Crippen MR) is 144 cm³/mol. The van der Waals surface area contributed by atoms with Crippen molar-refractivity contribution in [1.82, 2.24) is 0 Å². The maximum absolute atomic E-state index is 13.4. The monoisotopic (exact) mass is 523 g/mol. The molecule has 1 fully saturated rings. The van der Waals surface area contributed by atoms with Crippen LogP contribution in [-0.2, 0) is 15.0 Å². The number of Topliss-reactive ketones (excluding diaryl/α,β-unsaturated/α-hetero) is 1. The summed E-state index contributed by atoms with van der Waals surface area (Å²) >= 11 is 12.5. The number of anilines is 1. The Labute approximate surface area is 220 Å². The molecule has 0 aromatic heterocycles. The Morgan fingerprint density at radius 2 is 1.64 bits per heavy atom. The van der Waals surface area contributed by atoms with Gasteiger partial charge in [-0.2, -0.15) is 0 Å². The van der Waals surface area contributed by atoms with Gasteiger partial charge in [-0.1, -0.05) is 62.2 Å². The van der Waals surface area contributed by atoms with E-state index in [1.165, 1.54) is 4.90 Å². The van der Waals surface area contributed by atoms with E-state index in [9.17, 15) is 14.7 Å². The zero-order valence-electron chi connectivity index (χ0n) is 20.7. The van der Waals surface area contributed by atoms with Crippen LogP contribution in [0.5, 0.6) is 5.75 Å². The highest BCUT2D eigenvalue weighted by molar-refractivity contribution is 6.51. The Morgan fingerprint density at radius 3 is 2.22 bits per heavy atom. The van der Waals surface area contributed by atoms with Gasteiger partial charge < -0.3 is 9.84 Å². The number of hydrogen-bond acceptors (Lipinski definition) is 4. The van der Waals surface area contributed by atoms with E-state index in [2.05, 4.69) is 0 Å². The molecule has 186 valence electrons. The Kier molecular flexibility index (Phi) is 6.91. The molecule has 0 aliphatic carbocycles. The fourth-order valence-corrected chi connectivity index (χ4v) is 4.69. The van der Waals surface area contributed by atoms with Crippen LogP contribution in [0.15, 0.2) is 66.2 Å². The summed E-state index contributed by atoms with van der Waals surface area (Å²) in [6, 6.07) is 16.4. The molecule has 0 spiro atoms. The van der Waals surface area contributed by atoms with Gasteiger partial charge in [-0.25, -0.2) is 0 Å². The van der Waals surface area contributed by atoms with Gasteiger partial charge in [0.1, 0.15) is 11.5 Å². The summed E-state index contributed by atoms with van der Waals surface area (Å²) in [7, 11) is 1.59. The Bertz CT molecular complexity index is 1390. The number of methoxy groups -OCH3 is 1. The van der Waals surface area contributed by atoms with Gasteiger partial charge in [-0.15, -0.1) is 0 Å². The van der Waals surface area contributed by atoms with Crippen molar-refractivity contribution >= 4 is 46.3 Å². The number of benzene rings is 3. The number of aryl methyl sites for hydroxylation is 1. The Morgan fingerprint density at radius 1 is 0.972 bits per heavy atom. The van der Waals surface area contributed by atoms with E-state index in [1.54, 1.807) is 67.8 Å². The van der Waals surface area contributed by atoms with Gasteiger partial charge in [-0.05, 0) is 65.9 Å². The lowest BCUT2D eigenvalue weighted by Gasteiger charge is -2.26. The molecule has 3 aromatic carbocycles. The molecule has 0 bridgehead atoms. The van der Waals surface area contributed by atoms with Crippen molar-refractivity contribution in [2.75, 3.05) is 12.0 Å². The minimum Gasteiger partial charge on any atom is -0.507 e. The highest BCUT2D eigenvalue weighted by Crippen LogP contribution is 2.44. The molecule has 1 heterocycles. The molecule has 1 aliphatic rings. The Balaban J connectivity index is 1.96. The van der Waals surface area contributed by atoms with E-state index in [4.69, 9.17) is 27.9 Å². The summed E-state index contributed by atoms with van der Waals surface area (Å²) in [6.45, 7) is 7.95. The summed E-state index contributed by atoms with van der Waals surface area (Å²) in [6.07, 6.45) is 0. The van der Waals surface area contributed by atoms with Crippen molar-refractivity contribution in [3.8, 4) is 5.75 Å². The summed E-state index contributed by atoms with van der Waals surface area (Å²) < 4.78 is 5.52. The molecule has 1 N–H and O–H groups in total. The molecule has 1 amide bonds. The first-order valence-corrected chi connectivity index (χ1v) is 12.2. The molecule has 1 aliphatic heterocycles. The van der Waals surface area contributed by atoms with E-state index < -0.39 is 17.7 Å². The second kappa shape index (κ2) is 9.64. The first-order valence-electron chi connectivity index (χ1n) is 11.5. The van der Waals surface area contributed by atoms with Gasteiger partial charge in [-0.3, -0.25) is 14.5 Å². The van der Waals surface area contributed by atoms with E-state index in [0.29, 0.717) is 32.6 Å². The number of ether oxygens (including phenoxy) is 1. The van der Waals surface area contributed by atoms with Crippen molar-refractivity contribution < 1.29 is 19.4 Å². The van der Waals surface area contributed by atoms with Gasteiger partial charge in [0.2, 0.25) is 0 Å². The van der Waals surface area contributed by atoms with Gasteiger partial charge in [0.25, 0.3) is 11.7 Å². The molecule has 3 aromatic rings. The average molecular weight is 524 g/mol. The van der Waals surface area contributed by atoms with Crippen LogP contribution in [0.4, 0.5) is 5.69 Å². The largest absolute Gasteiger partial charge is 0.507 e. The third kappa shape index (κ3) is 4.61. The number of rotatable bonds is 4. The summed E-state index contributed by atoms with van der Waals surface area (Å²) in [5.74, 6) is -1.12. The first-order chi connectivity index (χ1) is 16.9. The van der Waals surface area contributed by atoms with Crippen molar-refractivity contribution in [3.05, 3.63) is 98.5 Å². The van der Waals surface area contributed by atoms with E-state index in [-0.39, 0.29) is 16.7 Å². The topological polar surface area (TPSA) is 66.8 Å². The number of nitrogens with zero attached hydrogens (tertiary/aromatic N) is 1. The highest BCUT2D eigenvalue weighted by atomic mass is 35.5. The van der Waals surface area contributed by atoms with Crippen LogP contribution in [0.1, 0.15) is 49.1 Å². The zero-order chi connectivity index (χ0) is 26.4. The van der Waals surface area contributed by atoms with E-state index >= 15 is 0 Å². The third-order valence-electron chi connectivity index (χ3n) is 6.34. The van der Waals surface area contributed by atoms with Crippen LogP contribution in [0.2, 0.25) is 10.0 Å². The fraction of sp³-hybridized carbons (Fsp3) is 0.241. The maximum atomic E-state index is 13.4. The lowest BCUT2D eigenvalue weighted by Crippen LogP contribution is -2.29. The van der Waals surface area contributed by atoms with Crippen molar-refractivity contribution in [1.29, 1.82) is 0 Å². The number of ketones is 1. The van der Waals surface area contributed by atoms with E-state index in [0.717, 1.165) is 11.1 Å². The molecular weight excluding hydrogens is 497 g/mol. The fourth-order valence-electron chi connectivity index (χ4n) is 4.39. The molecule has 4 rings (SSSR count). The SMILES string of the molecule is COc1ccc(/C(O)=C2/C(=O)C(=O)N(c3ccc(C)c(Cl)c3)C2c2ccc(Cl)cc2)cc1C(C)(C)C. The number of hydrogen-bond donors (Lipinski definition) is 1. The summed E-state index contributed by atoms with van der Waals surface area (Å²) in [5.41, 5.74) is 2.90. The molecule has 5 nitrogen and oxygen atoms in total. The summed E-state index contributed by atoms with van der Waals surface area (Å²) in [4.78, 5) is 28.2. The third-order valence-corrected chi connectivity index (χ3v) is 7.00. The van der Waals surface area contributed by atoms with E-state index in [1.807, 2.05) is 27.7 Å². The molecule has 1 atom stereocenters. The van der Waals surface area contributed by atoms with Crippen LogP contribution >= 0.6 is 23.2 Å². The lowest BCUT2D eigenvalue weighted by molar-refractivity contribution is -0.132. The number of halogens is 2. The second-order valence-corrected chi connectivity index (χ2v) is 10.7. The molecule has 0 radical (unpaired) electrons. The van der Waals surface area contributed by atoms with Crippen LogP contribution in [-0.4, -0.2) is 23.9 Å². The van der Waals surface area contributed by atoms with Crippen molar-refractivity contribution in [3.63, 3.8) is 0 Å². The summed E-state index contributed by atoms with van der Waals surface area (Å²) in [5, 5.41) is 12.5. The number of amides is 1. The number of aliphatic hydroxyl groups is 1. The van der Waals surface area contributed by atoms with Crippen LogP contribution in [0.25, 0.3) is 5.76 Å². The highest BCUT2D eigenvalue weighted by Gasteiger charge is 2.47. The molecule has 1 unspecified atom stereocenters. The van der Waals surface area contributed by atoms with Gasteiger partial charge in [0.05, 0.1) is 18.7 Å². The number of carbonyl (C=O) groups is 2. The van der Waals surface area contributed by atoms with Crippen LogP contribution < -0.4 is 9.64 Å². The number of carbonyl (C=O) groups excluding carboxylic acids is 2. The Hall–Kier alpha value is -3.28. The standard InChI is InChI=1S/C29H27Cl2NO4/c1-16-6-12-20(15-22(16)31)32-25(17-7-10-19(30)11-8-17)24(27(34)28(32)35)26(33)18-9-13-23(36-5)21(14-18)29(2,3)4/h6-15,25,33H,1-5H3/b26-24-. The lowest BCUT2D eigenvalue weighted by atomic mass is 9.84. The smallest absolute Gasteiger partial charge is 0.300 e. The van der Waals surface area contributed by atoms with Gasteiger partial charge in [0, 0.05) is 26.9 Å². The zero-order valence-corrected chi connectivity index (χ0v) is 22.2. The average Bonchev–Trinajstić information content (AvgIpc) is 3.10. The minimum atomic E-state index is -0.874. The van der Waals surface area contributed by atoms with Crippen molar-refractivity contribution in [2.45, 2.75) is 39.2 Å². The van der Waals surface area contributed by atoms with Crippen LogP contribution in [0, 0.1) is 6.92 Å². The van der Waals surface area contributed by atoms with Crippen molar-refractivity contribution in [2.24, 2.45) is 0 Å². The normalized spacial score (nSPS) is 17.5. The second-order valence-electron chi connectivity index (χ2n) is 9.82. The predicted octanol–water partition coefficient (Wildman–Crippen LogP) is 7.23. The maximum Gasteiger partial charge on any atom is 0.300 e. The first kappa shape index (κ1) is 25.8. The minimum absolute atomic E-state index is 0.0101. The molecule has 1 saturated heterocycles.